The number of halogens is 2. The fraction of sp³-hybridized carbons (Fsp3) is 0.400. The maximum absolute atomic E-state index is 11.7. The van der Waals surface area contributed by atoms with E-state index in [9.17, 15) is 4.79 Å². The van der Waals surface area contributed by atoms with Gasteiger partial charge in [-0.1, -0.05) is 72.1 Å². The van der Waals surface area contributed by atoms with E-state index >= 15 is 0 Å². The second-order valence-electron chi connectivity index (χ2n) is 4.92. The molecule has 8 heteroatoms. The maximum Gasteiger partial charge on any atom is 0.226 e. The first kappa shape index (κ1) is 18.5. The average Bonchev–Trinajstić information content (AvgIpc) is 2.96. The third-order valence-electron chi connectivity index (χ3n) is 3.01. The number of aromatic nitrogens is 2. The fourth-order valence-corrected chi connectivity index (χ4v) is 3.84. The highest BCUT2D eigenvalue weighted by molar-refractivity contribution is 8.00. The molecule has 1 amide bonds. The van der Waals surface area contributed by atoms with Gasteiger partial charge in [-0.05, 0) is 24.1 Å². The molecule has 1 aromatic carbocycles. The van der Waals surface area contributed by atoms with Crippen LogP contribution in [0.4, 0.5) is 5.13 Å². The van der Waals surface area contributed by atoms with Gasteiger partial charge < -0.3 is 5.32 Å². The summed E-state index contributed by atoms with van der Waals surface area (Å²) in [7, 11) is 0. The Labute approximate surface area is 154 Å². The van der Waals surface area contributed by atoms with E-state index in [1.807, 2.05) is 12.1 Å². The third-order valence-corrected chi connectivity index (χ3v) is 5.79. The van der Waals surface area contributed by atoms with Crippen molar-refractivity contribution < 1.29 is 4.79 Å². The molecular formula is C15H17Cl2N3OS2. The number of nitrogens with one attached hydrogen (secondary N) is 1. The maximum atomic E-state index is 11.7. The first-order chi connectivity index (χ1) is 11.1. The van der Waals surface area contributed by atoms with Crippen LogP contribution in [-0.4, -0.2) is 16.1 Å². The summed E-state index contributed by atoms with van der Waals surface area (Å²) in [5.41, 5.74) is 1.06. The molecule has 0 spiro atoms. The number of carbonyl (C=O) groups excluding carboxylic acids is 1. The van der Waals surface area contributed by atoms with Gasteiger partial charge in [0.2, 0.25) is 11.0 Å². The van der Waals surface area contributed by atoms with Crippen LogP contribution in [0, 0.1) is 0 Å². The van der Waals surface area contributed by atoms with Crippen molar-refractivity contribution in [3.05, 3.63) is 33.8 Å². The number of carbonyl (C=O) groups is 1. The fourth-order valence-electron chi connectivity index (χ4n) is 1.81. The second kappa shape index (κ2) is 9.47. The summed E-state index contributed by atoms with van der Waals surface area (Å²) in [6.07, 6.45) is 3.59. The highest BCUT2D eigenvalue weighted by Gasteiger charge is 2.09. The molecule has 0 aliphatic carbocycles. The van der Waals surface area contributed by atoms with Crippen LogP contribution in [0.1, 0.15) is 38.2 Å². The van der Waals surface area contributed by atoms with Crippen molar-refractivity contribution >= 4 is 57.3 Å². The number of nitrogens with zero attached hydrogens (tertiary/aromatic N) is 2. The molecule has 0 unspecified atom stereocenters. The van der Waals surface area contributed by atoms with Gasteiger partial charge in [0.1, 0.15) is 0 Å². The molecule has 0 radical (unpaired) electrons. The molecule has 2 rings (SSSR count). The monoisotopic (exact) mass is 389 g/mol. The topological polar surface area (TPSA) is 54.9 Å². The molecule has 0 atom stereocenters. The number of rotatable bonds is 8. The standard InChI is InChI=1S/C15H17Cl2N3OS2/c1-2-3-4-5-13(21)18-14-19-20-15(23-14)22-9-10-6-7-11(16)12(17)8-10/h6-8H,2-5,9H2,1H3,(H,18,19,21). The van der Waals surface area contributed by atoms with Crippen molar-refractivity contribution in [2.75, 3.05) is 5.32 Å². The lowest BCUT2D eigenvalue weighted by Gasteiger charge is -2.01. The lowest BCUT2D eigenvalue weighted by molar-refractivity contribution is -0.116. The minimum absolute atomic E-state index is 0.00404. The molecule has 124 valence electrons. The summed E-state index contributed by atoms with van der Waals surface area (Å²) in [6.45, 7) is 2.11. The summed E-state index contributed by atoms with van der Waals surface area (Å²) < 4.78 is 0.805. The Morgan fingerprint density at radius 2 is 2.09 bits per heavy atom. The average molecular weight is 390 g/mol. The summed E-state index contributed by atoms with van der Waals surface area (Å²) in [5.74, 6) is 0.714. The van der Waals surface area contributed by atoms with Crippen LogP contribution >= 0.6 is 46.3 Å². The van der Waals surface area contributed by atoms with E-state index in [4.69, 9.17) is 23.2 Å². The molecule has 1 heterocycles. The molecule has 2 aromatic rings. The van der Waals surface area contributed by atoms with Gasteiger partial charge in [0.05, 0.1) is 10.0 Å². The Kier molecular flexibility index (Phi) is 7.62. The Balaban J connectivity index is 1.82. The number of unbranched alkanes of at least 4 members (excludes halogenated alkanes) is 2. The van der Waals surface area contributed by atoms with Crippen molar-refractivity contribution in [2.45, 2.75) is 42.7 Å². The van der Waals surface area contributed by atoms with Gasteiger partial charge in [-0.3, -0.25) is 4.79 Å². The van der Waals surface area contributed by atoms with Gasteiger partial charge in [-0.15, -0.1) is 10.2 Å². The Morgan fingerprint density at radius 1 is 1.26 bits per heavy atom. The lowest BCUT2D eigenvalue weighted by Crippen LogP contribution is -2.10. The first-order valence-electron chi connectivity index (χ1n) is 7.28. The van der Waals surface area contributed by atoms with Gasteiger partial charge in [-0.25, -0.2) is 0 Å². The zero-order chi connectivity index (χ0) is 16.7. The highest BCUT2D eigenvalue weighted by atomic mass is 35.5. The number of benzene rings is 1. The van der Waals surface area contributed by atoms with Crippen LogP contribution < -0.4 is 5.32 Å². The van der Waals surface area contributed by atoms with Gasteiger partial charge in [0, 0.05) is 12.2 Å². The van der Waals surface area contributed by atoms with E-state index in [-0.39, 0.29) is 5.91 Å². The summed E-state index contributed by atoms with van der Waals surface area (Å²) in [5, 5.41) is 12.5. The van der Waals surface area contributed by atoms with Crippen LogP contribution in [-0.2, 0) is 10.5 Å². The Morgan fingerprint density at radius 3 is 2.83 bits per heavy atom. The molecule has 0 aliphatic heterocycles. The Bertz CT molecular complexity index is 664. The number of thioether (sulfide) groups is 1. The van der Waals surface area contributed by atoms with Crippen molar-refractivity contribution in [3.8, 4) is 0 Å². The molecule has 23 heavy (non-hydrogen) atoms. The van der Waals surface area contributed by atoms with Gasteiger partial charge in [0.15, 0.2) is 4.34 Å². The smallest absolute Gasteiger partial charge is 0.226 e. The van der Waals surface area contributed by atoms with Crippen molar-refractivity contribution in [1.82, 2.24) is 10.2 Å². The van der Waals surface area contributed by atoms with Crippen molar-refractivity contribution in [1.29, 1.82) is 0 Å². The quantitative estimate of drug-likeness (QED) is 0.359. The molecule has 0 bridgehead atoms. The van der Waals surface area contributed by atoms with Crippen molar-refractivity contribution in [2.24, 2.45) is 0 Å². The van der Waals surface area contributed by atoms with E-state index in [0.29, 0.717) is 21.6 Å². The number of hydrogen-bond acceptors (Lipinski definition) is 5. The molecule has 0 fully saturated rings. The van der Waals surface area contributed by atoms with E-state index in [2.05, 4.69) is 22.4 Å². The zero-order valence-electron chi connectivity index (χ0n) is 12.6. The van der Waals surface area contributed by atoms with Crippen LogP contribution in [0.15, 0.2) is 22.5 Å². The van der Waals surface area contributed by atoms with E-state index in [0.717, 1.165) is 34.9 Å². The molecule has 4 nitrogen and oxygen atoms in total. The summed E-state index contributed by atoms with van der Waals surface area (Å²) >= 11 is 14.8. The largest absolute Gasteiger partial charge is 0.301 e. The minimum Gasteiger partial charge on any atom is -0.301 e. The van der Waals surface area contributed by atoms with Crippen LogP contribution in [0.2, 0.25) is 10.0 Å². The first-order valence-corrected chi connectivity index (χ1v) is 9.84. The zero-order valence-corrected chi connectivity index (χ0v) is 15.8. The van der Waals surface area contributed by atoms with Crippen LogP contribution in [0.3, 0.4) is 0 Å². The second-order valence-corrected chi connectivity index (χ2v) is 7.93. The molecule has 0 aliphatic rings. The highest BCUT2D eigenvalue weighted by Crippen LogP contribution is 2.30. The number of amides is 1. The SMILES string of the molecule is CCCCCC(=O)Nc1nnc(SCc2ccc(Cl)c(Cl)c2)s1. The normalized spacial score (nSPS) is 10.7. The predicted molar refractivity (Wildman–Crippen MR) is 98.7 cm³/mol. The van der Waals surface area contributed by atoms with Crippen molar-refractivity contribution in [3.63, 3.8) is 0 Å². The number of anilines is 1. The molecule has 0 saturated carbocycles. The molecule has 0 saturated heterocycles. The van der Waals surface area contributed by atoms with Gasteiger partial charge in [0.25, 0.3) is 0 Å². The van der Waals surface area contributed by atoms with Crippen LogP contribution in [0.25, 0.3) is 0 Å². The molecular weight excluding hydrogens is 373 g/mol. The van der Waals surface area contributed by atoms with Crippen LogP contribution in [0.5, 0.6) is 0 Å². The predicted octanol–water partition coefficient (Wildman–Crippen LogP) is 5.66. The minimum atomic E-state index is -0.00404. The van der Waals surface area contributed by atoms with E-state index in [1.54, 1.807) is 17.8 Å². The third kappa shape index (κ3) is 6.30. The van der Waals surface area contributed by atoms with E-state index < -0.39 is 0 Å². The molecule has 1 N–H and O–H groups in total. The summed E-state index contributed by atoms with van der Waals surface area (Å²) in [4.78, 5) is 11.7. The summed E-state index contributed by atoms with van der Waals surface area (Å²) in [6, 6.07) is 5.55. The van der Waals surface area contributed by atoms with E-state index in [1.165, 1.54) is 11.3 Å². The Hall–Kier alpha value is -0.820. The van der Waals surface area contributed by atoms with Gasteiger partial charge >= 0.3 is 0 Å². The lowest BCUT2D eigenvalue weighted by atomic mass is 10.2. The number of hydrogen-bond donors (Lipinski definition) is 1. The van der Waals surface area contributed by atoms with Gasteiger partial charge in [-0.2, -0.15) is 0 Å². The molecule has 1 aromatic heterocycles.